The monoisotopic (exact) mass is 271 g/mol. The number of amides is 1. The Morgan fingerprint density at radius 2 is 2.05 bits per heavy atom. The third-order valence-corrected chi connectivity index (χ3v) is 4.06. The highest BCUT2D eigenvalue weighted by molar-refractivity contribution is 5.76. The molecule has 19 heavy (non-hydrogen) atoms. The van der Waals surface area contributed by atoms with Gasteiger partial charge in [0.15, 0.2) is 0 Å². The van der Waals surface area contributed by atoms with Crippen LogP contribution in [0.3, 0.4) is 0 Å². The van der Waals surface area contributed by atoms with Gasteiger partial charge in [-0.1, -0.05) is 0 Å². The van der Waals surface area contributed by atoms with E-state index in [1.807, 2.05) is 0 Å². The molecule has 1 amide bonds. The van der Waals surface area contributed by atoms with E-state index in [1.54, 1.807) is 11.9 Å². The van der Waals surface area contributed by atoms with Crippen molar-refractivity contribution in [1.82, 2.24) is 4.90 Å². The highest BCUT2D eigenvalue weighted by Gasteiger charge is 2.32. The summed E-state index contributed by atoms with van der Waals surface area (Å²) in [6.07, 6.45) is 4.91. The van der Waals surface area contributed by atoms with Crippen LogP contribution in [0.15, 0.2) is 0 Å². The molecule has 2 heterocycles. The first-order valence-electron chi connectivity index (χ1n) is 7.25. The second-order valence-corrected chi connectivity index (χ2v) is 5.78. The van der Waals surface area contributed by atoms with Crippen molar-refractivity contribution < 1.29 is 19.4 Å². The summed E-state index contributed by atoms with van der Waals surface area (Å²) in [5.41, 5.74) is -0.782. The minimum atomic E-state index is -0.782. The number of rotatable bonds is 4. The lowest BCUT2D eigenvalue weighted by molar-refractivity contribution is -0.140. The summed E-state index contributed by atoms with van der Waals surface area (Å²) in [6.45, 7) is 2.30. The number of ether oxygens (including phenoxy) is 2. The molecule has 5 nitrogen and oxygen atoms in total. The first-order valence-corrected chi connectivity index (χ1v) is 7.25. The number of carbonyl (C=O) groups excluding carboxylic acids is 1. The quantitative estimate of drug-likeness (QED) is 0.827. The summed E-state index contributed by atoms with van der Waals surface area (Å²) in [7, 11) is 1.76. The normalized spacial score (nSPS) is 26.9. The summed E-state index contributed by atoms with van der Waals surface area (Å²) < 4.78 is 10.8. The van der Waals surface area contributed by atoms with Crippen molar-refractivity contribution in [2.45, 2.75) is 50.2 Å². The Bertz CT molecular complexity index is 296. The van der Waals surface area contributed by atoms with E-state index in [-0.39, 0.29) is 12.0 Å². The lowest BCUT2D eigenvalue weighted by atomic mass is 9.93. The highest BCUT2D eigenvalue weighted by Crippen LogP contribution is 2.22. The average molecular weight is 271 g/mol. The first-order chi connectivity index (χ1) is 9.09. The molecule has 0 aromatic rings. The Labute approximate surface area is 114 Å². The molecule has 2 aliphatic heterocycles. The van der Waals surface area contributed by atoms with Crippen LogP contribution >= 0.6 is 0 Å². The van der Waals surface area contributed by atoms with Crippen LogP contribution < -0.4 is 0 Å². The lowest BCUT2D eigenvalue weighted by Gasteiger charge is -2.36. The number of nitrogens with zero attached hydrogens (tertiary/aromatic N) is 1. The van der Waals surface area contributed by atoms with Gasteiger partial charge in [-0.05, 0) is 19.3 Å². The largest absolute Gasteiger partial charge is 0.388 e. The van der Waals surface area contributed by atoms with Crippen molar-refractivity contribution in [1.29, 1.82) is 0 Å². The zero-order chi connectivity index (χ0) is 13.7. The molecule has 0 aromatic carbocycles. The van der Waals surface area contributed by atoms with Crippen LogP contribution in [0.2, 0.25) is 0 Å². The summed E-state index contributed by atoms with van der Waals surface area (Å²) in [4.78, 5) is 13.8. The van der Waals surface area contributed by atoms with Crippen molar-refractivity contribution in [2.24, 2.45) is 0 Å². The predicted octanol–water partition coefficient (Wildman–Crippen LogP) is 0.945. The topological polar surface area (TPSA) is 59.0 Å². The van der Waals surface area contributed by atoms with Gasteiger partial charge in [-0.25, -0.2) is 0 Å². The van der Waals surface area contributed by atoms with Gasteiger partial charge in [0, 0.05) is 46.3 Å². The molecule has 2 fully saturated rings. The van der Waals surface area contributed by atoms with Gasteiger partial charge in [0.2, 0.25) is 5.91 Å². The standard InChI is InChI=1S/C14H25NO4/c1-15(11-14(17)5-8-18-9-6-14)13(16)10-12-4-2-3-7-19-12/h12,17H,2-11H2,1H3. The molecule has 2 aliphatic rings. The van der Waals surface area contributed by atoms with E-state index < -0.39 is 5.60 Å². The van der Waals surface area contributed by atoms with Crippen LogP contribution in [0, 0.1) is 0 Å². The van der Waals surface area contributed by atoms with Gasteiger partial charge in [-0.3, -0.25) is 4.79 Å². The molecule has 1 unspecified atom stereocenters. The lowest BCUT2D eigenvalue weighted by Crippen LogP contribution is -2.47. The minimum absolute atomic E-state index is 0.0619. The van der Waals surface area contributed by atoms with E-state index >= 15 is 0 Å². The molecule has 0 saturated carbocycles. The predicted molar refractivity (Wildman–Crippen MR) is 70.8 cm³/mol. The summed E-state index contributed by atoms with van der Waals surface area (Å²) in [5, 5.41) is 10.4. The number of hydrogen-bond acceptors (Lipinski definition) is 4. The molecule has 5 heteroatoms. The molecule has 1 N–H and O–H groups in total. The maximum Gasteiger partial charge on any atom is 0.225 e. The van der Waals surface area contributed by atoms with E-state index in [2.05, 4.69) is 0 Å². The molecular formula is C14H25NO4. The maximum atomic E-state index is 12.1. The zero-order valence-electron chi connectivity index (χ0n) is 11.8. The minimum Gasteiger partial charge on any atom is -0.388 e. The van der Waals surface area contributed by atoms with Crippen LogP contribution in [0.4, 0.5) is 0 Å². The SMILES string of the molecule is CN(CC1(O)CCOCC1)C(=O)CC1CCCCO1. The second kappa shape index (κ2) is 6.68. The van der Waals surface area contributed by atoms with Crippen LogP contribution in [-0.2, 0) is 14.3 Å². The first kappa shape index (κ1) is 14.8. The smallest absolute Gasteiger partial charge is 0.225 e. The van der Waals surface area contributed by atoms with Crippen molar-refractivity contribution >= 4 is 5.91 Å². The Morgan fingerprint density at radius 3 is 2.68 bits per heavy atom. The fraction of sp³-hybridized carbons (Fsp3) is 0.929. The van der Waals surface area contributed by atoms with E-state index in [0.717, 1.165) is 25.9 Å². The fourth-order valence-corrected chi connectivity index (χ4v) is 2.76. The summed E-state index contributed by atoms with van der Waals surface area (Å²) in [6, 6.07) is 0. The molecule has 0 spiro atoms. The van der Waals surface area contributed by atoms with Gasteiger partial charge in [0.1, 0.15) is 0 Å². The van der Waals surface area contributed by atoms with Gasteiger partial charge in [0.25, 0.3) is 0 Å². The van der Waals surface area contributed by atoms with Crippen LogP contribution in [-0.4, -0.2) is 61.0 Å². The van der Waals surface area contributed by atoms with Gasteiger partial charge in [-0.2, -0.15) is 0 Å². The van der Waals surface area contributed by atoms with Crippen molar-refractivity contribution in [3.63, 3.8) is 0 Å². The Kier molecular flexibility index (Phi) is 5.19. The maximum absolute atomic E-state index is 12.1. The number of aliphatic hydroxyl groups is 1. The van der Waals surface area contributed by atoms with Crippen LogP contribution in [0.25, 0.3) is 0 Å². The summed E-state index contributed by atoms with van der Waals surface area (Å²) >= 11 is 0. The van der Waals surface area contributed by atoms with Gasteiger partial charge < -0.3 is 19.5 Å². The molecule has 0 aliphatic carbocycles. The van der Waals surface area contributed by atoms with Gasteiger partial charge in [0.05, 0.1) is 18.1 Å². The van der Waals surface area contributed by atoms with Crippen molar-refractivity contribution in [2.75, 3.05) is 33.4 Å². The summed E-state index contributed by atoms with van der Waals surface area (Å²) in [5.74, 6) is 0.0619. The van der Waals surface area contributed by atoms with Gasteiger partial charge in [-0.15, -0.1) is 0 Å². The Morgan fingerprint density at radius 1 is 1.32 bits per heavy atom. The zero-order valence-corrected chi connectivity index (χ0v) is 11.8. The molecule has 0 bridgehead atoms. The third kappa shape index (κ3) is 4.44. The number of likely N-dealkylation sites (N-methyl/N-ethyl adjacent to an activating group) is 1. The van der Waals surface area contributed by atoms with Crippen molar-refractivity contribution in [3.8, 4) is 0 Å². The Balaban J connectivity index is 1.77. The van der Waals surface area contributed by atoms with Gasteiger partial charge >= 0.3 is 0 Å². The average Bonchev–Trinajstić information content (AvgIpc) is 2.40. The third-order valence-electron chi connectivity index (χ3n) is 4.06. The van der Waals surface area contributed by atoms with E-state index in [9.17, 15) is 9.90 Å². The Hall–Kier alpha value is -0.650. The number of carbonyl (C=O) groups is 1. The molecule has 2 saturated heterocycles. The molecule has 2 rings (SSSR count). The van der Waals surface area contributed by atoms with Crippen LogP contribution in [0.1, 0.15) is 38.5 Å². The molecule has 0 aromatic heterocycles. The van der Waals surface area contributed by atoms with Crippen molar-refractivity contribution in [3.05, 3.63) is 0 Å². The highest BCUT2D eigenvalue weighted by atomic mass is 16.5. The molecule has 0 radical (unpaired) electrons. The van der Waals surface area contributed by atoms with E-state index in [4.69, 9.17) is 9.47 Å². The fourth-order valence-electron chi connectivity index (χ4n) is 2.76. The van der Waals surface area contributed by atoms with Crippen LogP contribution in [0.5, 0.6) is 0 Å². The van der Waals surface area contributed by atoms with E-state index in [1.165, 1.54) is 0 Å². The number of hydrogen-bond donors (Lipinski definition) is 1. The molecule has 1 atom stereocenters. The van der Waals surface area contributed by atoms with E-state index in [0.29, 0.717) is 39.0 Å². The molecular weight excluding hydrogens is 246 g/mol. The second-order valence-electron chi connectivity index (χ2n) is 5.78. The molecule has 110 valence electrons.